The molecule has 0 fully saturated rings. The van der Waals surface area contributed by atoms with Gasteiger partial charge in [0.05, 0.1) is 0 Å². The summed E-state index contributed by atoms with van der Waals surface area (Å²) in [7, 11) is -0.756. The van der Waals surface area contributed by atoms with E-state index in [1.165, 1.54) is 0 Å². The molecule has 126 valence electrons. The highest BCUT2D eigenvalue weighted by Crippen LogP contribution is 2.21. The van der Waals surface area contributed by atoms with Gasteiger partial charge >= 0.3 is 6.09 Å². The molecule has 0 saturated carbocycles. The summed E-state index contributed by atoms with van der Waals surface area (Å²) >= 11 is 5.97. The highest BCUT2D eigenvalue weighted by atomic mass is 35.5. The van der Waals surface area contributed by atoms with Crippen LogP contribution in [0.2, 0.25) is 5.02 Å². The lowest BCUT2D eigenvalue weighted by atomic mass is 10.2. The monoisotopic (exact) mass is 369 g/mol. The molecule has 3 aromatic carbocycles. The Balaban J connectivity index is 1.84. The van der Waals surface area contributed by atoms with E-state index in [1.54, 1.807) is 12.1 Å². The average Bonchev–Trinajstić information content (AvgIpc) is 2.67. The first-order valence-corrected chi connectivity index (χ1v) is 9.26. The van der Waals surface area contributed by atoms with Crippen LogP contribution in [-0.4, -0.2) is 6.09 Å². The lowest BCUT2D eigenvalue weighted by Gasteiger charge is -2.09. The first kappa shape index (κ1) is 17.4. The average molecular weight is 370 g/mol. The summed E-state index contributed by atoms with van der Waals surface area (Å²) in [4.78, 5) is 14.1. The SMILES string of the molecule is O=C(/N=S(\c1ccccc1)c1ccc(Cl)cc1)OCc1ccccc1. The van der Waals surface area contributed by atoms with E-state index in [-0.39, 0.29) is 6.61 Å². The van der Waals surface area contributed by atoms with E-state index in [2.05, 4.69) is 4.36 Å². The van der Waals surface area contributed by atoms with Gasteiger partial charge in [0.25, 0.3) is 0 Å². The molecule has 3 rings (SSSR count). The first-order valence-electron chi connectivity index (χ1n) is 7.70. The van der Waals surface area contributed by atoms with Gasteiger partial charge in [0.15, 0.2) is 0 Å². The lowest BCUT2D eigenvalue weighted by Crippen LogP contribution is -2.03. The molecule has 0 heterocycles. The van der Waals surface area contributed by atoms with Crippen molar-refractivity contribution in [3.63, 3.8) is 0 Å². The van der Waals surface area contributed by atoms with Crippen molar-refractivity contribution in [3.05, 3.63) is 95.5 Å². The molecule has 5 heteroatoms. The Bertz CT molecular complexity index is 865. The number of amides is 1. The van der Waals surface area contributed by atoms with Crippen molar-refractivity contribution >= 4 is 28.4 Å². The van der Waals surface area contributed by atoms with Gasteiger partial charge in [-0.05, 0) is 52.7 Å². The van der Waals surface area contributed by atoms with E-state index >= 15 is 0 Å². The van der Waals surface area contributed by atoms with Crippen molar-refractivity contribution in [2.45, 2.75) is 16.4 Å². The van der Waals surface area contributed by atoms with Crippen LogP contribution in [-0.2, 0) is 22.0 Å². The summed E-state index contributed by atoms with van der Waals surface area (Å²) in [5, 5.41) is 0.645. The maximum absolute atomic E-state index is 12.2. The van der Waals surface area contributed by atoms with Gasteiger partial charge in [0, 0.05) is 14.8 Å². The quantitative estimate of drug-likeness (QED) is 0.574. The fourth-order valence-electron chi connectivity index (χ4n) is 2.17. The number of carbonyl (C=O) groups is 1. The first-order chi connectivity index (χ1) is 12.2. The van der Waals surface area contributed by atoms with Crippen LogP contribution >= 0.6 is 11.6 Å². The molecule has 0 bridgehead atoms. The number of halogens is 1. The third-order valence-corrected chi connectivity index (χ3v) is 5.40. The number of hydrogen-bond donors (Lipinski definition) is 0. The normalized spacial score (nSPS) is 11.9. The molecule has 1 atom stereocenters. The molecule has 3 aromatic rings. The van der Waals surface area contributed by atoms with E-state index in [9.17, 15) is 4.79 Å². The van der Waals surface area contributed by atoms with E-state index in [0.717, 1.165) is 15.4 Å². The largest absolute Gasteiger partial charge is 0.443 e. The second-order valence-corrected chi connectivity index (χ2v) is 7.31. The number of nitrogens with zero attached hydrogens (tertiary/aromatic N) is 1. The highest BCUT2D eigenvalue weighted by molar-refractivity contribution is 7.87. The molecule has 0 N–H and O–H groups in total. The predicted octanol–water partition coefficient (Wildman–Crippen LogP) is 5.90. The number of rotatable bonds is 4. The molecular weight excluding hydrogens is 354 g/mol. The van der Waals surface area contributed by atoms with E-state index in [0.29, 0.717) is 5.02 Å². The van der Waals surface area contributed by atoms with Gasteiger partial charge < -0.3 is 4.74 Å². The Morgan fingerprint density at radius 3 is 2.04 bits per heavy atom. The molecule has 0 aliphatic heterocycles. The molecule has 0 saturated heterocycles. The van der Waals surface area contributed by atoms with E-state index in [4.69, 9.17) is 16.3 Å². The molecule has 0 spiro atoms. The molecule has 0 aliphatic rings. The second kappa shape index (κ2) is 8.60. The summed E-state index contributed by atoms with van der Waals surface area (Å²) in [5.41, 5.74) is 0.928. The minimum absolute atomic E-state index is 0.204. The minimum atomic E-state index is -0.756. The van der Waals surface area contributed by atoms with Crippen molar-refractivity contribution in [2.75, 3.05) is 0 Å². The summed E-state index contributed by atoms with van der Waals surface area (Å²) in [5.74, 6) is 0. The maximum Gasteiger partial charge on any atom is 0.440 e. The molecule has 3 nitrogen and oxygen atoms in total. The number of ether oxygens (including phenoxy) is 1. The molecule has 0 aliphatic carbocycles. The smallest absolute Gasteiger partial charge is 0.440 e. The zero-order chi connectivity index (χ0) is 17.5. The van der Waals surface area contributed by atoms with Crippen LogP contribution in [0.1, 0.15) is 5.56 Å². The third-order valence-electron chi connectivity index (χ3n) is 3.37. The number of carbonyl (C=O) groups excluding carboxylic acids is 1. The standard InChI is InChI=1S/C20H16ClNO2S/c21-17-11-13-19(14-12-17)25(18-9-5-2-6-10-18)22-20(23)24-15-16-7-3-1-4-8-16/h1-14H,15H2. The van der Waals surface area contributed by atoms with E-state index < -0.39 is 16.8 Å². The number of benzene rings is 3. The summed E-state index contributed by atoms with van der Waals surface area (Å²) in [6.07, 6.45) is -0.578. The van der Waals surface area contributed by atoms with Crippen molar-refractivity contribution in [2.24, 2.45) is 4.36 Å². The summed E-state index contributed by atoms with van der Waals surface area (Å²) in [6, 6.07) is 26.6. The fourth-order valence-corrected chi connectivity index (χ4v) is 3.79. The van der Waals surface area contributed by atoms with Gasteiger partial charge in [-0.1, -0.05) is 60.1 Å². The zero-order valence-corrected chi connectivity index (χ0v) is 14.9. The molecule has 0 radical (unpaired) electrons. The number of hydrogen-bond acceptors (Lipinski definition) is 2. The topological polar surface area (TPSA) is 38.7 Å². The van der Waals surface area contributed by atoms with Gasteiger partial charge in [0.2, 0.25) is 0 Å². The van der Waals surface area contributed by atoms with Crippen molar-refractivity contribution < 1.29 is 9.53 Å². The molecule has 25 heavy (non-hydrogen) atoms. The van der Waals surface area contributed by atoms with Gasteiger partial charge in [-0.15, -0.1) is 4.36 Å². The summed E-state index contributed by atoms with van der Waals surface area (Å²) < 4.78 is 9.59. The highest BCUT2D eigenvalue weighted by Gasteiger charge is 2.09. The van der Waals surface area contributed by atoms with Gasteiger partial charge in [-0.2, -0.15) is 0 Å². The Morgan fingerprint density at radius 2 is 1.40 bits per heavy atom. The van der Waals surface area contributed by atoms with Crippen molar-refractivity contribution in [1.29, 1.82) is 0 Å². The van der Waals surface area contributed by atoms with Crippen LogP contribution in [0, 0.1) is 0 Å². The molecular formula is C20H16ClNO2S. The lowest BCUT2D eigenvalue weighted by molar-refractivity contribution is 0.151. The van der Waals surface area contributed by atoms with Crippen molar-refractivity contribution in [1.82, 2.24) is 0 Å². The second-order valence-electron chi connectivity index (χ2n) is 5.18. The van der Waals surface area contributed by atoms with Crippen LogP contribution < -0.4 is 0 Å². The van der Waals surface area contributed by atoms with Crippen LogP contribution in [0.15, 0.2) is 99.1 Å². The van der Waals surface area contributed by atoms with Crippen LogP contribution in [0.5, 0.6) is 0 Å². The third kappa shape index (κ3) is 5.02. The predicted molar refractivity (Wildman–Crippen MR) is 101 cm³/mol. The Labute approximate surface area is 154 Å². The zero-order valence-electron chi connectivity index (χ0n) is 13.3. The Kier molecular flexibility index (Phi) is 5.99. The maximum atomic E-state index is 12.2. The van der Waals surface area contributed by atoms with Gasteiger partial charge in [-0.25, -0.2) is 4.79 Å². The van der Waals surface area contributed by atoms with Gasteiger partial charge in [0.1, 0.15) is 6.61 Å². The summed E-state index contributed by atoms with van der Waals surface area (Å²) in [6.45, 7) is 0.204. The van der Waals surface area contributed by atoms with Crippen LogP contribution in [0.4, 0.5) is 4.79 Å². The van der Waals surface area contributed by atoms with Crippen LogP contribution in [0.3, 0.4) is 0 Å². The molecule has 1 unspecified atom stereocenters. The molecule has 0 aromatic heterocycles. The Hall–Kier alpha value is -2.43. The van der Waals surface area contributed by atoms with Crippen molar-refractivity contribution in [3.8, 4) is 0 Å². The van der Waals surface area contributed by atoms with Gasteiger partial charge in [-0.3, -0.25) is 0 Å². The van der Waals surface area contributed by atoms with E-state index in [1.807, 2.05) is 72.8 Å². The fraction of sp³-hybridized carbons (Fsp3) is 0.0500. The minimum Gasteiger partial charge on any atom is -0.443 e. The molecule has 1 amide bonds. The Morgan fingerprint density at radius 1 is 0.840 bits per heavy atom. The van der Waals surface area contributed by atoms with Crippen LogP contribution in [0.25, 0.3) is 0 Å².